The van der Waals surface area contributed by atoms with Crippen molar-refractivity contribution in [2.75, 3.05) is 5.32 Å². The van der Waals surface area contributed by atoms with E-state index in [9.17, 15) is 18.0 Å². The quantitative estimate of drug-likeness (QED) is 0.734. The first-order valence-corrected chi connectivity index (χ1v) is 7.25. The van der Waals surface area contributed by atoms with Crippen molar-refractivity contribution in [1.29, 1.82) is 0 Å². The van der Waals surface area contributed by atoms with Crippen molar-refractivity contribution in [2.24, 2.45) is 0 Å². The summed E-state index contributed by atoms with van der Waals surface area (Å²) >= 11 is 10.2. The van der Waals surface area contributed by atoms with Gasteiger partial charge in [0.25, 0.3) is 5.91 Å². The SMILES string of the molecule is O=C(Nc1ccc(C(F)(F)F)cc1Cl)c1sccc1Br. The smallest absolute Gasteiger partial charge is 0.320 e. The van der Waals surface area contributed by atoms with Gasteiger partial charge in [0.15, 0.2) is 0 Å². The van der Waals surface area contributed by atoms with E-state index in [-0.39, 0.29) is 10.7 Å². The van der Waals surface area contributed by atoms with Gasteiger partial charge in [0, 0.05) is 4.47 Å². The maximum Gasteiger partial charge on any atom is 0.416 e. The number of anilines is 1. The van der Waals surface area contributed by atoms with Gasteiger partial charge in [-0.2, -0.15) is 13.2 Å². The fourth-order valence-corrected chi connectivity index (χ4v) is 3.10. The third kappa shape index (κ3) is 3.34. The Hall–Kier alpha value is -1.05. The van der Waals surface area contributed by atoms with E-state index < -0.39 is 17.6 Å². The van der Waals surface area contributed by atoms with Gasteiger partial charge < -0.3 is 5.32 Å². The lowest BCUT2D eigenvalue weighted by atomic mass is 10.2. The van der Waals surface area contributed by atoms with Gasteiger partial charge in [0.1, 0.15) is 4.88 Å². The van der Waals surface area contributed by atoms with Crippen LogP contribution in [0.25, 0.3) is 0 Å². The Kier molecular flexibility index (Phi) is 4.41. The van der Waals surface area contributed by atoms with Crippen molar-refractivity contribution in [2.45, 2.75) is 6.18 Å². The summed E-state index contributed by atoms with van der Waals surface area (Å²) in [7, 11) is 0. The summed E-state index contributed by atoms with van der Waals surface area (Å²) in [6.07, 6.45) is -4.47. The van der Waals surface area contributed by atoms with Crippen molar-refractivity contribution in [1.82, 2.24) is 0 Å². The summed E-state index contributed by atoms with van der Waals surface area (Å²) in [5.41, 5.74) is -0.734. The monoisotopic (exact) mass is 383 g/mol. The summed E-state index contributed by atoms with van der Waals surface area (Å²) in [4.78, 5) is 12.3. The molecule has 0 spiro atoms. The van der Waals surface area contributed by atoms with E-state index in [0.717, 1.165) is 18.2 Å². The summed E-state index contributed by atoms with van der Waals surface area (Å²) in [5.74, 6) is -0.437. The Morgan fingerprint density at radius 3 is 2.50 bits per heavy atom. The Morgan fingerprint density at radius 2 is 2.00 bits per heavy atom. The molecule has 1 aromatic heterocycles. The van der Waals surface area contributed by atoms with Crippen LogP contribution in [0.15, 0.2) is 34.1 Å². The van der Waals surface area contributed by atoms with E-state index in [1.165, 1.54) is 11.3 Å². The van der Waals surface area contributed by atoms with Gasteiger partial charge in [-0.1, -0.05) is 11.6 Å². The topological polar surface area (TPSA) is 29.1 Å². The molecule has 0 bridgehead atoms. The van der Waals surface area contributed by atoms with Crippen LogP contribution in [0.5, 0.6) is 0 Å². The number of thiophene rings is 1. The maximum atomic E-state index is 12.5. The van der Waals surface area contributed by atoms with Crippen LogP contribution in [0.3, 0.4) is 0 Å². The van der Waals surface area contributed by atoms with E-state index in [1.54, 1.807) is 11.4 Å². The van der Waals surface area contributed by atoms with Gasteiger partial charge in [-0.15, -0.1) is 11.3 Å². The van der Waals surface area contributed by atoms with Crippen molar-refractivity contribution in [3.05, 3.63) is 49.6 Å². The van der Waals surface area contributed by atoms with Gasteiger partial charge in [0.05, 0.1) is 16.3 Å². The molecule has 1 heterocycles. The highest BCUT2D eigenvalue weighted by molar-refractivity contribution is 9.10. The zero-order valence-electron chi connectivity index (χ0n) is 9.59. The molecule has 0 aliphatic rings. The third-order valence-electron chi connectivity index (χ3n) is 2.37. The lowest BCUT2D eigenvalue weighted by Gasteiger charge is -2.10. The fourth-order valence-electron chi connectivity index (χ4n) is 1.43. The zero-order chi connectivity index (χ0) is 14.9. The summed E-state index contributed by atoms with van der Waals surface area (Å²) < 4.78 is 38.1. The van der Waals surface area contributed by atoms with Gasteiger partial charge >= 0.3 is 6.18 Å². The maximum absolute atomic E-state index is 12.5. The number of alkyl halides is 3. The Bertz CT molecular complexity index is 656. The summed E-state index contributed by atoms with van der Waals surface area (Å²) in [5, 5.41) is 4.02. The molecule has 106 valence electrons. The normalized spacial score (nSPS) is 11.4. The molecule has 0 aliphatic carbocycles. The second-order valence-corrected chi connectivity index (χ2v) is 5.92. The predicted molar refractivity (Wildman–Crippen MR) is 76.4 cm³/mol. The molecule has 0 atom stereocenters. The van der Waals surface area contributed by atoms with Crippen LogP contribution < -0.4 is 5.32 Å². The van der Waals surface area contributed by atoms with Crippen LogP contribution in [0.4, 0.5) is 18.9 Å². The Balaban J connectivity index is 2.23. The Labute approximate surface area is 129 Å². The van der Waals surface area contributed by atoms with Crippen molar-refractivity contribution in [3.8, 4) is 0 Å². The molecule has 8 heteroatoms. The van der Waals surface area contributed by atoms with Crippen LogP contribution in [0.2, 0.25) is 5.02 Å². The number of amides is 1. The molecule has 0 radical (unpaired) electrons. The molecule has 20 heavy (non-hydrogen) atoms. The summed E-state index contributed by atoms with van der Waals surface area (Å²) in [6, 6.07) is 4.48. The first kappa shape index (κ1) is 15.3. The van der Waals surface area contributed by atoms with Crippen molar-refractivity contribution in [3.63, 3.8) is 0 Å². The van der Waals surface area contributed by atoms with E-state index in [0.29, 0.717) is 9.35 Å². The van der Waals surface area contributed by atoms with Crippen LogP contribution in [-0.4, -0.2) is 5.91 Å². The molecule has 2 rings (SSSR count). The van der Waals surface area contributed by atoms with Crippen LogP contribution >= 0.6 is 38.9 Å². The number of rotatable bonds is 2. The minimum atomic E-state index is -4.47. The highest BCUT2D eigenvalue weighted by Crippen LogP contribution is 2.34. The minimum Gasteiger partial charge on any atom is -0.320 e. The zero-order valence-corrected chi connectivity index (χ0v) is 12.8. The lowest BCUT2D eigenvalue weighted by Crippen LogP contribution is -2.12. The van der Waals surface area contributed by atoms with E-state index in [4.69, 9.17) is 11.6 Å². The largest absolute Gasteiger partial charge is 0.416 e. The number of benzene rings is 1. The molecular formula is C12H6BrClF3NOS. The number of nitrogens with one attached hydrogen (secondary N) is 1. The number of halogens is 5. The molecule has 2 nitrogen and oxygen atoms in total. The fraction of sp³-hybridized carbons (Fsp3) is 0.0833. The van der Waals surface area contributed by atoms with Crippen molar-refractivity contribution < 1.29 is 18.0 Å². The predicted octanol–water partition coefficient (Wildman–Crippen LogP) is 5.44. The number of carbonyl (C=O) groups is 1. The van der Waals surface area contributed by atoms with Crippen LogP contribution in [0.1, 0.15) is 15.2 Å². The highest BCUT2D eigenvalue weighted by Gasteiger charge is 2.31. The number of hydrogen-bond donors (Lipinski definition) is 1. The van der Waals surface area contributed by atoms with E-state index in [1.807, 2.05) is 0 Å². The first-order valence-electron chi connectivity index (χ1n) is 5.20. The van der Waals surface area contributed by atoms with Gasteiger partial charge in [0.2, 0.25) is 0 Å². The van der Waals surface area contributed by atoms with Gasteiger partial charge in [-0.25, -0.2) is 0 Å². The molecule has 1 N–H and O–H groups in total. The first-order chi connectivity index (χ1) is 9.29. The van der Waals surface area contributed by atoms with Gasteiger partial charge in [-0.05, 0) is 45.6 Å². The standard InChI is InChI=1S/C12H6BrClF3NOS/c13-7-3-4-20-10(7)11(19)18-9-2-1-6(5-8(9)14)12(15,16)17/h1-5H,(H,18,19). The Morgan fingerprint density at radius 1 is 1.30 bits per heavy atom. The second kappa shape index (κ2) is 5.75. The third-order valence-corrected chi connectivity index (χ3v) is 4.52. The highest BCUT2D eigenvalue weighted by atomic mass is 79.9. The minimum absolute atomic E-state index is 0.130. The summed E-state index contributed by atoms with van der Waals surface area (Å²) in [6.45, 7) is 0. The van der Waals surface area contributed by atoms with Crippen LogP contribution in [-0.2, 0) is 6.18 Å². The number of hydrogen-bond acceptors (Lipinski definition) is 2. The molecule has 0 fully saturated rings. The van der Waals surface area contributed by atoms with Crippen molar-refractivity contribution >= 4 is 50.5 Å². The molecule has 1 amide bonds. The molecule has 1 aromatic carbocycles. The molecule has 2 aromatic rings. The molecule has 0 saturated heterocycles. The number of carbonyl (C=O) groups excluding carboxylic acids is 1. The molecular weight excluding hydrogens is 379 g/mol. The average Bonchev–Trinajstić information content (AvgIpc) is 2.76. The van der Waals surface area contributed by atoms with E-state index >= 15 is 0 Å². The molecule has 0 unspecified atom stereocenters. The van der Waals surface area contributed by atoms with Gasteiger partial charge in [-0.3, -0.25) is 4.79 Å². The molecule has 0 saturated carbocycles. The lowest BCUT2D eigenvalue weighted by molar-refractivity contribution is -0.137. The second-order valence-electron chi connectivity index (χ2n) is 3.74. The van der Waals surface area contributed by atoms with Crippen LogP contribution in [0, 0.1) is 0 Å². The average molecular weight is 385 g/mol. The van der Waals surface area contributed by atoms with E-state index in [2.05, 4.69) is 21.2 Å². The molecule has 0 aliphatic heterocycles.